The van der Waals surface area contributed by atoms with Crippen LogP contribution >= 0.6 is 11.6 Å². The van der Waals surface area contributed by atoms with Gasteiger partial charge in [0.05, 0.1) is 16.8 Å². The van der Waals surface area contributed by atoms with Crippen LogP contribution in [-0.4, -0.2) is 21.2 Å². The van der Waals surface area contributed by atoms with Gasteiger partial charge in [0.1, 0.15) is 0 Å². The zero-order chi connectivity index (χ0) is 15.7. The number of anilines is 3. The lowest BCUT2D eigenvalue weighted by molar-refractivity contribution is -0.137. The van der Waals surface area contributed by atoms with Gasteiger partial charge in [0.2, 0.25) is 5.95 Å². The van der Waals surface area contributed by atoms with Gasteiger partial charge in [-0.25, -0.2) is 0 Å². The minimum absolute atomic E-state index is 0.217. The van der Waals surface area contributed by atoms with E-state index in [2.05, 4.69) is 25.8 Å². The molecule has 116 valence electrons. The van der Waals surface area contributed by atoms with E-state index in [-0.39, 0.29) is 10.7 Å². The van der Waals surface area contributed by atoms with E-state index in [1.807, 2.05) is 0 Å². The van der Waals surface area contributed by atoms with Crippen molar-refractivity contribution in [1.82, 2.24) is 15.2 Å². The Bertz CT molecular complexity index is 688. The molecule has 0 saturated heterocycles. The van der Waals surface area contributed by atoms with Crippen molar-refractivity contribution in [3.63, 3.8) is 0 Å². The van der Waals surface area contributed by atoms with Crippen LogP contribution in [0, 0.1) is 0 Å². The number of hydrogen-bond acceptors (Lipinski definition) is 5. The summed E-state index contributed by atoms with van der Waals surface area (Å²) in [6.45, 7) is 0. The summed E-state index contributed by atoms with van der Waals surface area (Å²) < 4.78 is 38.5. The lowest BCUT2D eigenvalue weighted by atomic mass is 10.2. The van der Waals surface area contributed by atoms with Crippen molar-refractivity contribution >= 4 is 29.1 Å². The van der Waals surface area contributed by atoms with E-state index in [1.165, 1.54) is 18.3 Å². The molecular formula is C13H11ClF3N5. The van der Waals surface area contributed by atoms with Gasteiger partial charge < -0.3 is 10.6 Å². The maximum atomic E-state index is 12.8. The number of halogens is 4. The summed E-state index contributed by atoms with van der Waals surface area (Å²) >= 11 is 5.58. The molecule has 1 aliphatic rings. The second kappa shape index (κ2) is 5.60. The molecule has 1 saturated carbocycles. The second-order valence-electron chi connectivity index (χ2n) is 4.90. The fourth-order valence-corrected chi connectivity index (χ4v) is 2.03. The van der Waals surface area contributed by atoms with Gasteiger partial charge in [-0.05, 0) is 31.0 Å². The molecule has 2 N–H and O–H groups in total. The fourth-order valence-electron chi connectivity index (χ4n) is 1.80. The molecule has 0 bridgehead atoms. The van der Waals surface area contributed by atoms with Crippen molar-refractivity contribution < 1.29 is 13.2 Å². The molecule has 0 atom stereocenters. The van der Waals surface area contributed by atoms with Gasteiger partial charge >= 0.3 is 6.18 Å². The summed E-state index contributed by atoms with van der Waals surface area (Å²) in [6.07, 6.45) is -1.09. The van der Waals surface area contributed by atoms with E-state index >= 15 is 0 Å². The molecule has 1 heterocycles. The summed E-state index contributed by atoms with van der Waals surface area (Å²) in [4.78, 5) is 4.15. The average molecular weight is 330 g/mol. The third-order valence-corrected chi connectivity index (χ3v) is 3.34. The van der Waals surface area contributed by atoms with Gasteiger partial charge in [0.15, 0.2) is 5.82 Å². The lowest BCUT2D eigenvalue weighted by Gasteiger charge is -2.12. The first-order chi connectivity index (χ1) is 10.4. The van der Waals surface area contributed by atoms with Crippen LogP contribution in [0.25, 0.3) is 0 Å². The number of hydrogen-bond donors (Lipinski definition) is 2. The number of alkyl halides is 3. The quantitative estimate of drug-likeness (QED) is 0.891. The Morgan fingerprint density at radius 2 is 2.00 bits per heavy atom. The summed E-state index contributed by atoms with van der Waals surface area (Å²) in [6, 6.07) is 3.90. The molecule has 0 aliphatic heterocycles. The monoisotopic (exact) mass is 329 g/mol. The van der Waals surface area contributed by atoms with E-state index in [4.69, 9.17) is 11.6 Å². The van der Waals surface area contributed by atoms with E-state index in [0.717, 1.165) is 18.9 Å². The molecule has 1 fully saturated rings. The number of benzene rings is 1. The van der Waals surface area contributed by atoms with Crippen molar-refractivity contribution in [2.75, 3.05) is 10.6 Å². The molecule has 5 nitrogen and oxygen atoms in total. The van der Waals surface area contributed by atoms with Crippen molar-refractivity contribution in [2.24, 2.45) is 0 Å². The highest BCUT2D eigenvalue weighted by Crippen LogP contribution is 2.36. The van der Waals surface area contributed by atoms with Gasteiger partial charge in [0, 0.05) is 11.7 Å². The predicted molar refractivity (Wildman–Crippen MR) is 76.2 cm³/mol. The predicted octanol–water partition coefficient (Wildman–Crippen LogP) is 3.86. The first-order valence-corrected chi connectivity index (χ1v) is 6.89. The van der Waals surface area contributed by atoms with Crippen LogP contribution in [0.4, 0.5) is 30.6 Å². The van der Waals surface area contributed by atoms with Gasteiger partial charge in [-0.2, -0.15) is 23.3 Å². The Hall–Kier alpha value is -2.09. The zero-order valence-electron chi connectivity index (χ0n) is 11.2. The average Bonchev–Trinajstić information content (AvgIpc) is 3.24. The van der Waals surface area contributed by atoms with Crippen molar-refractivity contribution in [3.8, 4) is 0 Å². The summed E-state index contributed by atoms with van der Waals surface area (Å²) in [5.41, 5.74) is -0.688. The highest BCUT2D eigenvalue weighted by Gasteiger charge is 2.33. The Morgan fingerprint density at radius 3 is 2.68 bits per heavy atom. The molecule has 9 heteroatoms. The molecule has 3 rings (SSSR count). The molecule has 22 heavy (non-hydrogen) atoms. The normalized spacial score (nSPS) is 14.7. The maximum absolute atomic E-state index is 12.8. The van der Waals surface area contributed by atoms with E-state index < -0.39 is 11.7 Å². The largest absolute Gasteiger partial charge is 0.417 e. The molecule has 0 unspecified atom stereocenters. The SMILES string of the molecule is FC(F)(F)c1cc(Nc2cnnc(NC3CC3)n2)ccc1Cl. The second-order valence-corrected chi connectivity index (χ2v) is 5.31. The highest BCUT2D eigenvalue weighted by molar-refractivity contribution is 6.31. The summed E-state index contributed by atoms with van der Waals surface area (Å²) in [7, 11) is 0. The Morgan fingerprint density at radius 1 is 1.23 bits per heavy atom. The van der Waals surface area contributed by atoms with Crippen LogP contribution in [0.3, 0.4) is 0 Å². The Kier molecular flexibility index (Phi) is 3.78. The first kappa shape index (κ1) is 14.8. The molecule has 1 aromatic carbocycles. The van der Waals surface area contributed by atoms with Crippen LogP contribution in [0.2, 0.25) is 5.02 Å². The Balaban J connectivity index is 1.80. The first-order valence-electron chi connectivity index (χ1n) is 6.52. The molecule has 1 aromatic heterocycles. The Labute approximate surface area is 128 Å². The minimum Gasteiger partial charge on any atom is -0.350 e. The van der Waals surface area contributed by atoms with Crippen molar-refractivity contribution in [1.29, 1.82) is 0 Å². The van der Waals surface area contributed by atoms with Crippen LogP contribution in [0.1, 0.15) is 18.4 Å². The minimum atomic E-state index is -4.52. The molecule has 0 spiro atoms. The van der Waals surface area contributed by atoms with E-state index in [1.54, 1.807) is 0 Å². The lowest BCUT2D eigenvalue weighted by Crippen LogP contribution is -2.09. The third-order valence-electron chi connectivity index (χ3n) is 3.01. The molecule has 1 aliphatic carbocycles. The molecule has 0 amide bonds. The van der Waals surface area contributed by atoms with Crippen molar-refractivity contribution in [2.45, 2.75) is 25.1 Å². The van der Waals surface area contributed by atoms with Crippen LogP contribution in [0.15, 0.2) is 24.4 Å². The van der Waals surface area contributed by atoms with Gasteiger partial charge in [-0.1, -0.05) is 11.6 Å². The van der Waals surface area contributed by atoms with Gasteiger partial charge in [-0.3, -0.25) is 0 Å². The summed E-state index contributed by atoms with van der Waals surface area (Å²) in [5.74, 6) is 0.645. The van der Waals surface area contributed by atoms with Crippen LogP contribution < -0.4 is 10.6 Å². The maximum Gasteiger partial charge on any atom is 0.417 e. The third kappa shape index (κ3) is 3.56. The summed E-state index contributed by atoms with van der Waals surface area (Å²) in [5, 5.41) is 13.1. The smallest absolute Gasteiger partial charge is 0.350 e. The molecule has 0 radical (unpaired) electrons. The van der Waals surface area contributed by atoms with Crippen molar-refractivity contribution in [3.05, 3.63) is 35.0 Å². The van der Waals surface area contributed by atoms with E-state index in [0.29, 0.717) is 17.8 Å². The van der Waals surface area contributed by atoms with Gasteiger partial charge in [0.25, 0.3) is 0 Å². The number of aromatic nitrogens is 3. The number of nitrogens with one attached hydrogen (secondary N) is 2. The standard InChI is InChI=1S/C13H11ClF3N5/c14-10-4-3-8(5-9(10)13(15,16)17)19-11-6-18-22-12(21-11)20-7-1-2-7/h3-7H,1-2H2,(H2,19,20,21,22). The fraction of sp³-hybridized carbons (Fsp3) is 0.308. The topological polar surface area (TPSA) is 62.7 Å². The van der Waals surface area contributed by atoms with Crippen LogP contribution in [-0.2, 0) is 6.18 Å². The number of rotatable bonds is 4. The molecule has 2 aromatic rings. The number of nitrogens with zero attached hydrogens (tertiary/aromatic N) is 3. The highest BCUT2D eigenvalue weighted by atomic mass is 35.5. The molecular weight excluding hydrogens is 319 g/mol. The zero-order valence-corrected chi connectivity index (χ0v) is 11.9. The van der Waals surface area contributed by atoms with E-state index in [9.17, 15) is 13.2 Å². The van der Waals surface area contributed by atoms with Crippen LogP contribution in [0.5, 0.6) is 0 Å². The van der Waals surface area contributed by atoms with Gasteiger partial charge in [-0.15, -0.1) is 5.10 Å².